The van der Waals surface area contributed by atoms with E-state index in [0.29, 0.717) is 13.0 Å². The lowest BCUT2D eigenvalue weighted by atomic mass is 9.89. The number of carbonyl (C=O) groups is 3. The summed E-state index contributed by atoms with van der Waals surface area (Å²) < 4.78 is 0. The summed E-state index contributed by atoms with van der Waals surface area (Å²) in [5.41, 5.74) is 0. The Kier molecular flexibility index (Phi) is 4.15. The molecule has 3 unspecified atom stereocenters. The highest BCUT2D eigenvalue weighted by atomic mass is 16.4. The number of nitrogens with one attached hydrogen (secondary N) is 1. The molecule has 0 saturated carbocycles. The fourth-order valence-electron chi connectivity index (χ4n) is 3.29. The van der Waals surface area contributed by atoms with Crippen LogP contribution in [0, 0.1) is 5.92 Å². The third-order valence-corrected chi connectivity index (χ3v) is 4.16. The third kappa shape index (κ3) is 2.57. The van der Waals surface area contributed by atoms with E-state index >= 15 is 0 Å². The Labute approximate surface area is 117 Å². The van der Waals surface area contributed by atoms with Crippen molar-refractivity contribution < 1.29 is 19.5 Å². The number of hydrogen-bond donors (Lipinski definition) is 2. The van der Waals surface area contributed by atoms with Crippen LogP contribution in [0.5, 0.6) is 0 Å². The highest BCUT2D eigenvalue weighted by Gasteiger charge is 2.51. The highest BCUT2D eigenvalue weighted by molar-refractivity contribution is 5.85. The van der Waals surface area contributed by atoms with Gasteiger partial charge in [0.1, 0.15) is 6.54 Å². The summed E-state index contributed by atoms with van der Waals surface area (Å²) in [6.45, 7) is 2.34. The second-order valence-corrected chi connectivity index (χ2v) is 5.48. The quantitative estimate of drug-likeness (QED) is 0.766. The molecule has 0 spiro atoms. The summed E-state index contributed by atoms with van der Waals surface area (Å²) in [5.74, 6) is -1.50. The molecule has 3 atom stereocenters. The molecule has 0 aromatic carbocycles. The minimum absolute atomic E-state index is 0.000349. The van der Waals surface area contributed by atoms with Crippen LogP contribution in [0.1, 0.15) is 26.2 Å². The van der Waals surface area contributed by atoms with Crippen LogP contribution in [-0.4, -0.2) is 65.0 Å². The number of carbonyl (C=O) groups excluding carboxylic acids is 2. The zero-order valence-corrected chi connectivity index (χ0v) is 11.8. The van der Waals surface area contributed by atoms with E-state index in [1.165, 1.54) is 4.90 Å². The van der Waals surface area contributed by atoms with Gasteiger partial charge in [0, 0.05) is 25.7 Å². The molecular formula is C13H21N3O4. The van der Waals surface area contributed by atoms with Gasteiger partial charge in [-0.15, -0.1) is 0 Å². The first-order chi connectivity index (χ1) is 9.45. The van der Waals surface area contributed by atoms with Crippen molar-refractivity contribution in [1.29, 1.82) is 0 Å². The van der Waals surface area contributed by atoms with Gasteiger partial charge >= 0.3 is 12.0 Å². The Balaban J connectivity index is 1.99. The molecule has 2 N–H and O–H groups in total. The smallest absolute Gasteiger partial charge is 0.320 e. The van der Waals surface area contributed by atoms with E-state index in [1.807, 2.05) is 6.92 Å². The zero-order valence-electron chi connectivity index (χ0n) is 11.8. The average molecular weight is 283 g/mol. The molecule has 2 fully saturated rings. The number of nitrogens with zero attached hydrogens (tertiary/aromatic N) is 2. The normalized spacial score (nSPS) is 27.5. The number of carboxylic acid groups (broad SMARTS) is 1. The van der Waals surface area contributed by atoms with E-state index in [9.17, 15) is 19.5 Å². The van der Waals surface area contributed by atoms with Gasteiger partial charge < -0.3 is 20.2 Å². The number of likely N-dealkylation sites (N-methyl/N-ethyl adjacent to an activating group) is 2. The average Bonchev–Trinajstić information content (AvgIpc) is 2.95. The Morgan fingerprint density at radius 3 is 2.60 bits per heavy atom. The fourth-order valence-corrected chi connectivity index (χ4v) is 3.29. The Bertz CT molecular complexity index is 426. The first kappa shape index (κ1) is 14.6. The summed E-state index contributed by atoms with van der Waals surface area (Å²) in [7, 11) is 1.57. The Morgan fingerprint density at radius 2 is 2.05 bits per heavy atom. The van der Waals surface area contributed by atoms with Crippen LogP contribution < -0.4 is 5.32 Å². The maximum absolute atomic E-state index is 12.4. The van der Waals surface area contributed by atoms with Crippen LogP contribution >= 0.6 is 0 Å². The molecule has 7 nitrogen and oxygen atoms in total. The van der Waals surface area contributed by atoms with Gasteiger partial charge in [-0.05, 0) is 26.2 Å². The Morgan fingerprint density at radius 1 is 1.35 bits per heavy atom. The molecule has 112 valence electrons. The van der Waals surface area contributed by atoms with Crippen molar-refractivity contribution in [3.63, 3.8) is 0 Å². The first-order valence-electron chi connectivity index (χ1n) is 6.98. The summed E-state index contributed by atoms with van der Waals surface area (Å²) >= 11 is 0. The van der Waals surface area contributed by atoms with Crippen LogP contribution in [0.3, 0.4) is 0 Å². The van der Waals surface area contributed by atoms with Crippen LogP contribution in [0.4, 0.5) is 4.79 Å². The molecule has 2 saturated heterocycles. The van der Waals surface area contributed by atoms with Gasteiger partial charge in [-0.1, -0.05) is 0 Å². The van der Waals surface area contributed by atoms with E-state index in [2.05, 4.69) is 5.32 Å². The summed E-state index contributed by atoms with van der Waals surface area (Å²) in [4.78, 5) is 38.1. The number of urea groups is 1. The van der Waals surface area contributed by atoms with Gasteiger partial charge in [0.25, 0.3) is 0 Å². The molecule has 0 radical (unpaired) electrons. The third-order valence-electron chi connectivity index (χ3n) is 4.16. The molecular weight excluding hydrogens is 262 g/mol. The molecule has 2 heterocycles. The van der Waals surface area contributed by atoms with E-state index in [0.717, 1.165) is 12.8 Å². The van der Waals surface area contributed by atoms with Crippen LogP contribution in [0.25, 0.3) is 0 Å². The number of amides is 3. The Hall–Kier alpha value is -1.79. The predicted molar refractivity (Wildman–Crippen MR) is 71.1 cm³/mol. The van der Waals surface area contributed by atoms with Gasteiger partial charge in [-0.2, -0.15) is 0 Å². The van der Waals surface area contributed by atoms with Crippen molar-refractivity contribution in [2.75, 3.05) is 20.1 Å². The second-order valence-electron chi connectivity index (χ2n) is 5.48. The van der Waals surface area contributed by atoms with E-state index < -0.39 is 11.9 Å². The SMILES string of the molecule is CCNC(=O)CN(C)C(=O)N1C2CCC1C(C(=O)O)C2. The first-order valence-corrected chi connectivity index (χ1v) is 6.98. The predicted octanol–water partition coefficient (Wildman–Crippen LogP) is 0.112. The minimum Gasteiger partial charge on any atom is -0.481 e. The highest BCUT2D eigenvalue weighted by Crippen LogP contribution is 2.42. The lowest BCUT2D eigenvalue weighted by Gasteiger charge is -2.28. The van der Waals surface area contributed by atoms with E-state index in [-0.39, 0.29) is 30.6 Å². The van der Waals surface area contributed by atoms with Crippen LogP contribution in [0.15, 0.2) is 0 Å². The maximum Gasteiger partial charge on any atom is 0.320 e. The van der Waals surface area contributed by atoms with Crippen molar-refractivity contribution in [3.05, 3.63) is 0 Å². The van der Waals surface area contributed by atoms with Crippen molar-refractivity contribution in [1.82, 2.24) is 15.1 Å². The van der Waals surface area contributed by atoms with Crippen LogP contribution in [0.2, 0.25) is 0 Å². The number of hydrogen-bond acceptors (Lipinski definition) is 3. The van der Waals surface area contributed by atoms with E-state index in [4.69, 9.17) is 0 Å². The van der Waals surface area contributed by atoms with Gasteiger partial charge in [0.2, 0.25) is 5.91 Å². The lowest BCUT2D eigenvalue weighted by Crippen LogP contribution is -2.48. The molecule has 2 aliphatic heterocycles. The molecule has 7 heteroatoms. The standard InChI is InChI=1S/C13H21N3O4/c1-3-14-11(17)7-15(2)13(20)16-8-4-5-10(16)9(6-8)12(18)19/h8-10H,3-7H2,1-2H3,(H,14,17)(H,18,19). The monoisotopic (exact) mass is 283 g/mol. The van der Waals surface area contributed by atoms with Gasteiger partial charge in [-0.3, -0.25) is 9.59 Å². The number of carboxylic acids is 1. The van der Waals surface area contributed by atoms with Crippen molar-refractivity contribution in [3.8, 4) is 0 Å². The molecule has 3 amide bonds. The van der Waals surface area contributed by atoms with E-state index in [1.54, 1.807) is 11.9 Å². The summed E-state index contributed by atoms with van der Waals surface area (Å²) in [5, 5.41) is 11.8. The number of aliphatic carboxylic acids is 1. The summed E-state index contributed by atoms with van der Waals surface area (Å²) in [6.07, 6.45) is 2.12. The zero-order chi connectivity index (χ0) is 14.9. The second kappa shape index (κ2) is 5.68. The maximum atomic E-state index is 12.4. The minimum atomic E-state index is -0.832. The molecule has 0 aromatic rings. The molecule has 2 bridgehead atoms. The van der Waals surface area contributed by atoms with Crippen molar-refractivity contribution >= 4 is 17.9 Å². The van der Waals surface area contributed by atoms with Crippen molar-refractivity contribution in [2.24, 2.45) is 5.92 Å². The molecule has 0 aromatic heterocycles. The molecule has 2 aliphatic rings. The fraction of sp³-hybridized carbons (Fsp3) is 0.769. The molecule has 2 rings (SSSR count). The molecule has 20 heavy (non-hydrogen) atoms. The molecule has 0 aliphatic carbocycles. The topological polar surface area (TPSA) is 90.0 Å². The van der Waals surface area contributed by atoms with Gasteiger partial charge in [0.05, 0.1) is 5.92 Å². The largest absolute Gasteiger partial charge is 0.481 e. The number of rotatable bonds is 4. The van der Waals surface area contributed by atoms with Crippen LogP contribution in [-0.2, 0) is 9.59 Å². The van der Waals surface area contributed by atoms with Crippen molar-refractivity contribution in [2.45, 2.75) is 38.3 Å². The lowest BCUT2D eigenvalue weighted by molar-refractivity contribution is -0.142. The van der Waals surface area contributed by atoms with Gasteiger partial charge in [-0.25, -0.2) is 4.79 Å². The number of fused-ring (bicyclic) bond motifs is 2. The summed E-state index contributed by atoms with van der Waals surface area (Å²) in [6, 6.07) is -0.459. The van der Waals surface area contributed by atoms with Gasteiger partial charge in [0.15, 0.2) is 0 Å².